The van der Waals surface area contributed by atoms with E-state index >= 15 is 0 Å². The third kappa shape index (κ3) is 5.78. The standard InChI is InChI=1S/C14H19FN2O4/c1-14(2,3)21-12(18)8-16-13(19)9-5-6-10(15)11(7-9)17-20-4/h5-7,17H,8H2,1-4H3,(H,16,19). The summed E-state index contributed by atoms with van der Waals surface area (Å²) < 4.78 is 18.4. The van der Waals surface area contributed by atoms with Crippen molar-refractivity contribution in [2.75, 3.05) is 19.1 Å². The summed E-state index contributed by atoms with van der Waals surface area (Å²) in [5, 5.41) is 2.41. The molecule has 1 amide bonds. The fourth-order valence-corrected chi connectivity index (χ4v) is 1.49. The summed E-state index contributed by atoms with van der Waals surface area (Å²) in [4.78, 5) is 28.0. The van der Waals surface area contributed by atoms with E-state index < -0.39 is 23.3 Å². The average Bonchev–Trinajstić information content (AvgIpc) is 2.37. The summed E-state index contributed by atoms with van der Waals surface area (Å²) in [6.07, 6.45) is 0. The minimum absolute atomic E-state index is 0.0300. The molecule has 0 radical (unpaired) electrons. The fourth-order valence-electron chi connectivity index (χ4n) is 1.49. The van der Waals surface area contributed by atoms with Gasteiger partial charge in [-0.15, -0.1) is 0 Å². The molecule has 0 heterocycles. The van der Waals surface area contributed by atoms with Crippen LogP contribution in [0, 0.1) is 5.82 Å². The van der Waals surface area contributed by atoms with Crippen LogP contribution in [0.25, 0.3) is 0 Å². The van der Waals surface area contributed by atoms with Crippen LogP contribution in [0.2, 0.25) is 0 Å². The summed E-state index contributed by atoms with van der Waals surface area (Å²) in [6, 6.07) is 3.72. The second-order valence-electron chi connectivity index (χ2n) is 5.27. The van der Waals surface area contributed by atoms with Crippen molar-refractivity contribution >= 4 is 17.6 Å². The highest BCUT2D eigenvalue weighted by atomic mass is 19.1. The number of nitrogens with one attached hydrogen (secondary N) is 2. The molecule has 0 aliphatic heterocycles. The maximum Gasteiger partial charge on any atom is 0.325 e. The Kier molecular flexibility index (Phi) is 5.66. The average molecular weight is 298 g/mol. The van der Waals surface area contributed by atoms with E-state index in [0.29, 0.717) is 0 Å². The van der Waals surface area contributed by atoms with Crippen LogP contribution in [0.15, 0.2) is 18.2 Å². The zero-order valence-corrected chi connectivity index (χ0v) is 12.5. The Bertz CT molecular complexity index is 526. The number of rotatable bonds is 5. The first-order valence-electron chi connectivity index (χ1n) is 6.31. The Hall–Kier alpha value is -2.15. The molecule has 2 N–H and O–H groups in total. The molecule has 0 bridgehead atoms. The van der Waals surface area contributed by atoms with Gasteiger partial charge in [0.15, 0.2) is 0 Å². The Morgan fingerprint density at radius 1 is 1.29 bits per heavy atom. The lowest BCUT2D eigenvalue weighted by Crippen LogP contribution is -2.34. The van der Waals surface area contributed by atoms with Gasteiger partial charge in [0, 0.05) is 5.56 Å². The van der Waals surface area contributed by atoms with Crippen LogP contribution >= 0.6 is 0 Å². The second kappa shape index (κ2) is 7.03. The number of ether oxygens (including phenoxy) is 1. The highest BCUT2D eigenvalue weighted by Gasteiger charge is 2.17. The van der Waals surface area contributed by atoms with Crippen LogP contribution in [0.5, 0.6) is 0 Å². The summed E-state index contributed by atoms with van der Waals surface area (Å²) in [6.45, 7) is 4.93. The highest BCUT2D eigenvalue weighted by molar-refractivity contribution is 5.96. The van der Waals surface area contributed by atoms with Gasteiger partial charge in [0.1, 0.15) is 18.0 Å². The molecule has 0 saturated heterocycles. The number of carbonyl (C=O) groups excluding carboxylic acids is 2. The lowest BCUT2D eigenvalue weighted by Gasteiger charge is -2.19. The molecule has 0 aliphatic carbocycles. The highest BCUT2D eigenvalue weighted by Crippen LogP contribution is 2.16. The molecular formula is C14H19FN2O4. The van der Waals surface area contributed by atoms with E-state index in [1.807, 2.05) is 0 Å². The van der Waals surface area contributed by atoms with Crippen LogP contribution in [-0.4, -0.2) is 31.1 Å². The molecule has 0 spiro atoms. The number of amides is 1. The van der Waals surface area contributed by atoms with E-state index in [9.17, 15) is 14.0 Å². The fraction of sp³-hybridized carbons (Fsp3) is 0.429. The van der Waals surface area contributed by atoms with Crippen LogP contribution in [0.1, 0.15) is 31.1 Å². The lowest BCUT2D eigenvalue weighted by atomic mass is 10.2. The molecular weight excluding hydrogens is 279 g/mol. The number of esters is 1. The second-order valence-corrected chi connectivity index (χ2v) is 5.27. The Morgan fingerprint density at radius 2 is 1.95 bits per heavy atom. The van der Waals surface area contributed by atoms with E-state index in [0.717, 1.165) is 6.07 Å². The van der Waals surface area contributed by atoms with E-state index in [4.69, 9.17) is 4.74 Å². The van der Waals surface area contributed by atoms with Crippen LogP contribution in [0.4, 0.5) is 10.1 Å². The van der Waals surface area contributed by atoms with Gasteiger partial charge in [0.25, 0.3) is 5.91 Å². The van der Waals surface area contributed by atoms with Crippen molar-refractivity contribution in [3.05, 3.63) is 29.6 Å². The first-order chi connectivity index (χ1) is 9.73. The molecule has 0 saturated carbocycles. The molecule has 0 atom stereocenters. The molecule has 1 aromatic carbocycles. The summed E-state index contributed by atoms with van der Waals surface area (Å²) in [5.41, 5.74) is 1.93. The quantitative estimate of drug-likeness (QED) is 0.641. The van der Waals surface area contributed by atoms with Crippen LogP contribution in [0.3, 0.4) is 0 Å². The van der Waals surface area contributed by atoms with Crippen molar-refractivity contribution in [1.82, 2.24) is 5.32 Å². The van der Waals surface area contributed by atoms with Gasteiger partial charge in [-0.3, -0.25) is 19.9 Å². The third-order valence-corrected chi connectivity index (χ3v) is 2.25. The van der Waals surface area contributed by atoms with Gasteiger partial charge < -0.3 is 10.1 Å². The Labute approximate surface area is 122 Å². The normalized spacial score (nSPS) is 10.9. The van der Waals surface area contributed by atoms with E-state index in [1.54, 1.807) is 20.8 Å². The zero-order chi connectivity index (χ0) is 16.0. The maximum atomic E-state index is 13.4. The third-order valence-electron chi connectivity index (χ3n) is 2.25. The monoisotopic (exact) mass is 298 g/mol. The summed E-state index contributed by atoms with van der Waals surface area (Å²) >= 11 is 0. The van der Waals surface area contributed by atoms with Crippen LogP contribution in [-0.2, 0) is 14.4 Å². The minimum Gasteiger partial charge on any atom is -0.459 e. The van der Waals surface area contributed by atoms with Gasteiger partial charge in [-0.25, -0.2) is 4.39 Å². The molecule has 1 rings (SSSR count). The number of halogens is 1. The molecule has 7 heteroatoms. The van der Waals surface area contributed by atoms with Crippen molar-refractivity contribution in [2.45, 2.75) is 26.4 Å². The molecule has 0 aromatic heterocycles. The SMILES string of the molecule is CONc1cc(C(=O)NCC(=O)OC(C)(C)C)ccc1F. The molecule has 0 aliphatic rings. The molecule has 21 heavy (non-hydrogen) atoms. The molecule has 116 valence electrons. The smallest absolute Gasteiger partial charge is 0.325 e. The summed E-state index contributed by atoms with van der Waals surface area (Å²) in [5.74, 6) is -1.62. The number of hydrogen-bond acceptors (Lipinski definition) is 5. The largest absolute Gasteiger partial charge is 0.459 e. The number of benzene rings is 1. The van der Waals surface area contributed by atoms with Crippen molar-refractivity contribution < 1.29 is 23.6 Å². The van der Waals surface area contributed by atoms with Crippen molar-refractivity contribution in [2.24, 2.45) is 0 Å². The Balaban J connectivity index is 2.64. The number of anilines is 1. The first-order valence-corrected chi connectivity index (χ1v) is 6.31. The zero-order valence-electron chi connectivity index (χ0n) is 12.5. The topological polar surface area (TPSA) is 76.7 Å². The first kappa shape index (κ1) is 16.9. The Morgan fingerprint density at radius 3 is 2.52 bits per heavy atom. The molecule has 1 aromatic rings. The van der Waals surface area contributed by atoms with E-state index in [-0.39, 0.29) is 17.8 Å². The molecule has 0 unspecified atom stereocenters. The maximum absolute atomic E-state index is 13.4. The van der Waals surface area contributed by atoms with Gasteiger partial charge in [-0.2, -0.15) is 0 Å². The number of carbonyl (C=O) groups is 2. The lowest BCUT2D eigenvalue weighted by molar-refractivity contribution is -0.153. The van der Waals surface area contributed by atoms with Crippen molar-refractivity contribution in [1.29, 1.82) is 0 Å². The van der Waals surface area contributed by atoms with E-state index in [1.165, 1.54) is 19.2 Å². The van der Waals surface area contributed by atoms with Crippen LogP contribution < -0.4 is 10.8 Å². The number of hydrogen-bond donors (Lipinski definition) is 2. The van der Waals surface area contributed by atoms with Gasteiger partial charge in [-0.05, 0) is 39.0 Å². The molecule has 0 fully saturated rings. The van der Waals surface area contributed by atoms with Crippen molar-refractivity contribution in [3.63, 3.8) is 0 Å². The summed E-state index contributed by atoms with van der Waals surface area (Å²) in [7, 11) is 1.33. The van der Waals surface area contributed by atoms with Gasteiger partial charge in [0.05, 0.1) is 12.8 Å². The predicted octanol–water partition coefficient (Wildman–Crippen LogP) is 1.87. The van der Waals surface area contributed by atoms with E-state index in [2.05, 4.69) is 15.6 Å². The van der Waals surface area contributed by atoms with Gasteiger partial charge in [0.2, 0.25) is 0 Å². The van der Waals surface area contributed by atoms with Gasteiger partial charge in [-0.1, -0.05) is 0 Å². The predicted molar refractivity (Wildman–Crippen MR) is 75.2 cm³/mol. The minimum atomic E-state index is -0.618. The van der Waals surface area contributed by atoms with Crippen molar-refractivity contribution in [3.8, 4) is 0 Å². The van der Waals surface area contributed by atoms with Gasteiger partial charge >= 0.3 is 5.97 Å². The molecule has 6 nitrogen and oxygen atoms in total.